The van der Waals surface area contributed by atoms with Crippen LogP contribution in [0.1, 0.15) is 30.2 Å². The molecule has 0 aliphatic heterocycles. The quantitative estimate of drug-likeness (QED) is 0.857. The van der Waals surface area contributed by atoms with Gasteiger partial charge in [-0.05, 0) is 57.0 Å². The summed E-state index contributed by atoms with van der Waals surface area (Å²) in [5.41, 5.74) is 5.87. The lowest BCUT2D eigenvalue weighted by Gasteiger charge is -2.28. The Morgan fingerprint density at radius 2 is 2.17 bits per heavy atom. The van der Waals surface area contributed by atoms with Crippen molar-refractivity contribution in [3.05, 3.63) is 35.0 Å². The number of aryl methyl sites for hydroxylation is 2. The third-order valence-electron chi connectivity index (χ3n) is 4.38. The normalized spacial score (nSPS) is 19.4. The van der Waals surface area contributed by atoms with E-state index >= 15 is 0 Å². The van der Waals surface area contributed by atoms with Crippen molar-refractivity contribution in [1.82, 2.24) is 9.88 Å². The van der Waals surface area contributed by atoms with Crippen molar-refractivity contribution < 1.29 is 0 Å². The number of rotatable bonds is 2. The Hall–Kier alpha value is -1.28. The zero-order chi connectivity index (χ0) is 12.7. The smallest absolute Gasteiger partial charge is 0.0461 e. The molecule has 0 bridgehead atoms. The summed E-state index contributed by atoms with van der Waals surface area (Å²) in [5, 5.41) is 1.50. The van der Waals surface area contributed by atoms with E-state index in [0.717, 1.165) is 6.42 Å². The molecular formula is C16H22N2. The van der Waals surface area contributed by atoms with Crippen molar-refractivity contribution in [2.24, 2.45) is 0 Å². The summed E-state index contributed by atoms with van der Waals surface area (Å²) in [5.74, 6) is 0. The Morgan fingerprint density at radius 1 is 1.33 bits per heavy atom. The number of nitrogens with one attached hydrogen (secondary N) is 1. The molecule has 1 N–H and O–H groups in total. The number of aromatic amines is 1. The molecule has 0 fully saturated rings. The Morgan fingerprint density at radius 3 is 2.89 bits per heavy atom. The third-order valence-corrected chi connectivity index (χ3v) is 4.38. The summed E-state index contributed by atoms with van der Waals surface area (Å²) in [7, 11) is 4.40. The Labute approximate surface area is 109 Å². The summed E-state index contributed by atoms with van der Waals surface area (Å²) in [4.78, 5) is 6.00. The number of aromatic nitrogens is 1. The van der Waals surface area contributed by atoms with Crippen LogP contribution >= 0.6 is 0 Å². The molecule has 0 saturated carbocycles. The molecule has 2 nitrogen and oxygen atoms in total. The summed E-state index contributed by atoms with van der Waals surface area (Å²) in [6.45, 7) is 2.25. The average Bonchev–Trinajstić information content (AvgIpc) is 2.75. The van der Waals surface area contributed by atoms with Gasteiger partial charge in [-0.2, -0.15) is 0 Å². The van der Waals surface area contributed by atoms with E-state index in [4.69, 9.17) is 0 Å². The van der Waals surface area contributed by atoms with Crippen LogP contribution in [0.2, 0.25) is 0 Å². The summed E-state index contributed by atoms with van der Waals surface area (Å²) < 4.78 is 0. The van der Waals surface area contributed by atoms with Gasteiger partial charge in [0.15, 0.2) is 0 Å². The minimum Gasteiger partial charge on any atom is -0.358 e. The first-order chi connectivity index (χ1) is 8.70. The number of nitrogens with zero attached hydrogens (tertiary/aromatic N) is 1. The average molecular weight is 242 g/mol. The first-order valence-corrected chi connectivity index (χ1v) is 6.98. The van der Waals surface area contributed by atoms with Crippen LogP contribution in [0.4, 0.5) is 0 Å². The molecule has 3 rings (SSSR count). The van der Waals surface area contributed by atoms with Gasteiger partial charge in [0.05, 0.1) is 0 Å². The standard InChI is InChI=1S/C16H22N2/c1-4-11-6-5-7-15-16(11)13-10-12(18(2)3)8-9-14(13)17-15/h5-7,12,17H,4,8-10H2,1-3H3/t12-/m1/s1. The van der Waals surface area contributed by atoms with Gasteiger partial charge in [-0.3, -0.25) is 0 Å². The molecule has 1 aromatic carbocycles. The van der Waals surface area contributed by atoms with Crippen LogP contribution in [0.25, 0.3) is 10.9 Å². The molecule has 2 aromatic rings. The lowest BCUT2D eigenvalue weighted by molar-refractivity contribution is 0.268. The fourth-order valence-corrected chi connectivity index (χ4v) is 3.27. The van der Waals surface area contributed by atoms with E-state index in [1.54, 1.807) is 5.56 Å². The molecule has 1 heterocycles. The maximum Gasteiger partial charge on any atom is 0.0461 e. The van der Waals surface area contributed by atoms with Gasteiger partial charge in [0.1, 0.15) is 0 Å². The molecule has 2 heteroatoms. The number of likely N-dealkylation sites (N-methyl/N-ethyl adjacent to an activating group) is 1. The zero-order valence-corrected chi connectivity index (χ0v) is 11.6. The highest BCUT2D eigenvalue weighted by atomic mass is 15.1. The fourth-order valence-electron chi connectivity index (χ4n) is 3.27. The Kier molecular flexibility index (Phi) is 2.90. The van der Waals surface area contributed by atoms with Gasteiger partial charge in [0, 0.05) is 22.6 Å². The molecule has 0 unspecified atom stereocenters. The van der Waals surface area contributed by atoms with Crippen LogP contribution in [0.15, 0.2) is 18.2 Å². The first kappa shape index (κ1) is 11.8. The number of fused-ring (bicyclic) bond motifs is 3. The van der Waals surface area contributed by atoms with Crippen LogP contribution in [0.3, 0.4) is 0 Å². The second-order valence-electron chi connectivity index (χ2n) is 5.64. The predicted octanol–water partition coefficient (Wildman–Crippen LogP) is 3.15. The van der Waals surface area contributed by atoms with Gasteiger partial charge >= 0.3 is 0 Å². The molecule has 96 valence electrons. The van der Waals surface area contributed by atoms with E-state index < -0.39 is 0 Å². The topological polar surface area (TPSA) is 19.0 Å². The van der Waals surface area contributed by atoms with E-state index in [2.05, 4.69) is 49.1 Å². The van der Waals surface area contributed by atoms with Crippen molar-refractivity contribution in [3.8, 4) is 0 Å². The molecule has 1 aliphatic rings. The highest BCUT2D eigenvalue weighted by molar-refractivity contribution is 5.88. The fraction of sp³-hybridized carbons (Fsp3) is 0.500. The summed E-state index contributed by atoms with van der Waals surface area (Å²) >= 11 is 0. The summed E-state index contributed by atoms with van der Waals surface area (Å²) in [6.07, 6.45) is 4.78. The van der Waals surface area contributed by atoms with Crippen molar-refractivity contribution in [2.45, 2.75) is 38.6 Å². The molecular weight excluding hydrogens is 220 g/mol. The predicted molar refractivity (Wildman–Crippen MR) is 77.2 cm³/mol. The van der Waals surface area contributed by atoms with Gasteiger partial charge in [-0.1, -0.05) is 19.1 Å². The monoisotopic (exact) mass is 242 g/mol. The van der Waals surface area contributed by atoms with Gasteiger partial charge in [-0.15, -0.1) is 0 Å². The maximum absolute atomic E-state index is 3.63. The maximum atomic E-state index is 3.63. The highest BCUT2D eigenvalue weighted by Gasteiger charge is 2.24. The van der Waals surface area contributed by atoms with Crippen molar-refractivity contribution >= 4 is 10.9 Å². The molecule has 0 saturated heterocycles. The Balaban J connectivity index is 2.14. The van der Waals surface area contributed by atoms with E-state index in [-0.39, 0.29) is 0 Å². The number of benzene rings is 1. The molecule has 0 amide bonds. The third kappa shape index (κ3) is 1.76. The first-order valence-electron chi connectivity index (χ1n) is 6.98. The van der Waals surface area contributed by atoms with Crippen LogP contribution in [0.5, 0.6) is 0 Å². The molecule has 1 atom stereocenters. The van der Waals surface area contributed by atoms with Crippen molar-refractivity contribution in [2.75, 3.05) is 14.1 Å². The minimum atomic E-state index is 0.696. The van der Waals surface area contributed by atoms with E-state index in [9.17, 15) is 0 Å². The second-order valence-corrected chi connectivity index (χ2v) is 5.64. The summed E-state index contributed by atoms with van der Waals surface area (Å²) in [6, 6.07) is 7.36. The van der Waals surface area contributed by atoms with Gasteiger partial charge in [0.2, 0.25) is 0 Å². The number of hydrogen-bond donors (Lipinski definition) is 1. The van der Waals surface area contributed by atoms with Crippen LogP contribution in [-0.4, -0.2) is 30.0 Å². The minimum absolute atomic E-state index is 0.696. The lowest BCUT2D eigenvalue weighted by atomic mass is 9.89. The van der Waals surface area contributed by atoms with Crippen molar-refractivity contribution in [3.63, 3.8) is 0 Å². The lowest BCUT2D eigenvalue weighted by Crippen LogP contribution is -2.33. The molecule has 1 aromatic heterocycles. The molecule has 1 aliphatic carbocycles. The highest BCUT2D eigenvalue weighted by Crippen LogP contribution is 2.32. The van der Waals surface area contributed by atoms with Crippen molar-refractivity contribution in [1.29, 1.82) is 0 Å². The number of H-pyrrole nitrogens is 1. The second kappa shape index (κ2) is 4.43. The van der Waals surface area contributed by atoms with Crippen LogP contribution < -0.4 is 0 Å². The molecule has 0 radical (unpaired) electrons. The van der Waals surface area contributed by atoms with Gasteiger partial charge in [0.25, 0.3) is 0 Å². The van der Waals surface area contributed by atoms with Gasteiger partial charge in [-0.25, -0.2) is 0 Å². The van der Waals surface area contributed by atoms with E-state index in [0.29, 0.717) is 6.04 Å². The molecule has 18 heavy (non-hydrogen) atoms. The SMILES string of the molecule is CCc1cccc2[nH]c3c(c12)C[C@H](N(C)C)CC3. The van der Waals surface area contributed by atoms with E-state index in [1.165, 1.54) is 41.4 Å². The molecule has 0 spiro atoms. The zero-order valence-electron chi connectivity index (χ0n) is 11.6. The van der Waals surface area contributed by atoms with Crippen LogP contribution in [0, 0.1) is 0 Å². The number of hydrogen-bond acceptors (Lipinski definition) is 1. The van der Waals surface area contributed by atoms with E-state index in [1.807, 2.05) is 0 Å². The van der Waals surface area contributed by atoms with Gasteiger partial charge < -0.3 is 9.88 Å². The largest absolute Gasteiger partial charge is 0.358 e. The Bertz CT molecular complexity index is 566. The van der Waals surface area contributed by atoms with Crippen LogP contribution in [-0.2, 0) is 19.3 Å².